The zero-order chi connectivity index (χ0) is 30.0. The van der Waals surface area contributed by atoms with E-state index in [2.05, 4.69) is 53.1 Å². The first-order chi connectivity index (χ1) is 20.0. The number of anilines is 4. The number of halogens is 1. The number of pyridine rings is 1. The van der Waals surface area contributed by atoms with Crippen molar-refractivity contribution in [3.05, 3.63) is 42.2 Å². The number of nitrogens with zero attached hydrogens (tertiary/aromatic N) is 5. The zero-order valence-electron chi connectivity index (χ0n) is 25.0. The molecule has 1 N–H and O–H groups in total. The molecule has 0 amide bonds. The van der Waals surface area contributed by atoms with Crippen LogP contribution in [-0.4, -0.2) is 93.7 Å². The Balaban J connectivity index is 1.33. The molecule has 2 fully saturated rings. The van der Waals surface area contributed by atoms with Gasteiger partial charge in [-0.3, -0.25) is 0 Å². The maximum atomic E-state index is 14.8. The molecule has 0 spiro atoms. The number of aromatic nitrogens is 3. The summed E-state index contributed by atoms with van der Waals surface area (Å²) < 4.78 is 49.2. The molecule has 2 aliphatic heterocycles. The van der Waals surface area contributed by atoms with E-state index in [0.29, 0.717) is 56.2 Å². The summed E-state index contributed by atoms with van der Waals surface area (Å²) in [4.78, 5) is 17.9. The highest BCUT2D eigenvalue weighted by Crippen LogP contribution is 2.39. The fraction of sp³-hybridized carbons (Fsp3) is 0.567. The number of hydrogen-bond donors (Lipinski definition) is 1. The summed E-state index contributed by atoms with van der Waals surface area (Å²) in [7, 11) is -1.43. The van der Waals surface area contributed by atoms with Crippen molar-refractivity contribution >= 4 is 43.9 Å². The zero-order valence-corrected chi connectivity index (χ0v) is 25.8. The predicted molar refractivity (Wildman–Crippen MR) is 164 cm³/mol. The van der Waals surface area contributed by atoms with Gasteiger partial charge < -0.3 is 24.6 Å². The highest BCUT2D eigenvalue weighted by Gasteiger charge is 2.38. The maximum Gasteiger partial charge on any atom is 0.227 e. The van der Waals surface area contributed by atoms with Crippen molar-refractivity contribution in [2.45, 2.75) is 51.4 Å². The minimum atomic E-state index is -3.03. The summed E-state index contributed by atoms with van der Waals surface area (Å²) in [5, 5.41) is 5.43. The van der Waals surface area contributed by atoms with Crippen molar-refractivity contribution in [1.29, 1.82) is 0 Å². The molecule has 4 heterocycles. The highest BCUT2D eigenvalue weighted by atomic mass is 32.2. The summed E-state index contributed by atoms with van der Waals surface area (Å²) in [6, 6.07) is 8.21. The molecule has 228 valence electrons. The van der Waals surface area contributed by atoms with E-state index >= 15 is 0 Å². The number of sulfone groups is 1. The second kappa shape index (κ2) is 12.6. The minimum absolute atomic E-state index is 0.113. The molecule has 3 aromatic rings. The number of alkyl halides is 1. The lowest BCUT2D eigenvalue weighted by Gasteiger charge is -2.48. The number of benzene rings is 1. The maximum absolute atomic E-state index is 14.8. The van der Waals surface area contributed by atoms with Gasteiger partial charge in [-0.1, -0.05) is 19.9 Å². The van der Waals surface area contributed by atoms with Crippen molar-refractivity contribution in [2.24, 2.45) is 5.92 Å². The first kappa shape index (κ1) is 30.4. The van der Waals surface area contributed by atoms with E-state index in [9.17, 15) is 12.8 Å². The number of fused-ring (bicyclic) bond motifs is 1. The first-order valence-electron chi connectivity index (χ1n) is 14.5. The molecule has 2 aliphatic rings. The lowest BCUT2D eigenvalue weighted by atomic mass is 9.88. The molecule has 0 radical (unpaired) electrons. The number of nitrogens with one attached hydrogen (secondary N) is 1. The van der Waals surface area contributed by atoms with Gasteiger partial charge in [-0.05, 0) is 48.4 Å². The number of hydrogen-bond acceptors (Lipinski definition) is 10. The molecular formula is C30H41FN6O4S. The molecule has 1 aromatic carbocycles. The van der Waals surface area contributed by atoms with Gasteiger partial charge >= 0.3 is 0 Å². The van der Waals surface area contributed by atoms with Crippen LogP contribution in [0.5, 0.6) is 0 Å². The molecule has 42 heavy (non-hydrogen) atoms. The first-order valence-corrected chi connectivity index (χ1v) is 16.6. The molecule has 0 aliphatic carbocycles. The smallest absolute Gasteiger partial charge is 0.227 e. The van der Waals surface area contributed by atoms with E-state index in [0.717, 1.165) is 16.5 Å². The SMILES string of the molecule is COCCO[C@H]1CCN(c2nccc(Nc3cc4c(C(C)C)ccc(N5C[C@H](CS(C)(=O)=O)[C@H]5C)c4cn3)n2)C[C@H]1F. The van der Waals surface area contributed by atoms with Gasteiger partial charge in [0.1, 0.15) is 27.6 Å². The fourth-order valence-electron chi connectivity index (χ4n) is 5.89. The Kier molecular flexibility index (Phi) is 9.14. The van der Waals surface area contributed by atoms with E-state index in [1.807, 2.05) is 17.2 Å². The van der Waals surface area contributed by atoms with Gasteiger partial charge in [-0.25, -0.2) is 22.8 Å². The molecule has 10 nitrogen and oxygen atoms in total. The lowest BCUT2D eigenvalue weighted by Crippen LogP contribution is -2.57. The highest BCUT2D eigenvalue weighted by molar-refractivity contribution is 7.90. The Morgan fingerprint density at radius 3 is 2.62 bits per heavy atom. The second-order valence-corrected chi connectivity index (χ2v) is 13.9. The van der Waals surface area contributed by atoms with Crippen LogP contribution in [0.25, 0.3) is 10.8 Å². The van der Waals surface area contributed by atoms with Crippen molar-refractivity contribution < 1.29 is 22.3 Å². The van der Waals surface area contributed by atoms with Crippen LogP contribution < -0.4 is 15.1 Å². The lowest BCUT2D eigenvalue weighted by molar-refractivity contribution is -0.0319. The van der Waals surface area contributed by atoms with E-state index in [4.69, 9.17) is 14.5 Å². The molecule has 4 atom stereocenters. The Labute approximate surface area is 247 Å². The molecule has 0 bridgehead atoms. The summed E-state index contributed by atoms with van der Waals surface area (Å²) >= 11 is 0. The Bertz CT molecular complexity index is 1510. The van der Waals surface area contributed by atoms with Crippen LogP contribution >= 0.6 is 0 Å². The number of piperidine rings is 1. The molecule has 0 unspecified atom stereocenters. The minimum Gasteiger partial charge on any atom is -0.382 e. The van der Waals surface area contributed by atoms with E-state index in [1.54, 1.807) is 19.4 Å². The summed E-state index contributed by atoms with van der Waals surface area (Å²) in [5.41, 5.74) is 2.26. The summed E-state index contributed by atoms with van der Waals surface area (Å²) in [6.07, 6.45) is 3.79. The van der Waals surface area contributed by atoms with Gasteiger partial charge in [0, 0.05) is 61.9 Å². The van der Waals surface area contributed by atoms with Crippen molar-refractivity contribution in [1.82, 2.24) is 15.0 Å². The molecule has 2 aromatic heterocycles. The van der Waals surface area contributed by atoms with Crippen molar-refractivity contribution in [2.75, 3.05) is 67.1 Å². The van der Waals surface area contributed by atoms with Gasteiger partial charge in [0.05, 0.1) is 31.6 Å². The van der Waals surface area contributed by atoms with E-state index in [1.165, 1.54) is 11.8 Å². The van der Waals surface area contributed by atoms with Gasteiger partial charge in [-0.2, -0.15) is 4.98 Å². The predicted octanol–water partition coefficient (Wildman–Crippen LogP) is 4.34. The van der Waals surface area contributed by atoms with Crippen LogP contribution in [0.2, 0.25) is 0 Å². The number of rotatable bonds is 11. The molecule has 5 rings (SSSR count). The fourth-order valence-corrected chi connectivity index (χ4v) is 7.05. The quantitative estimate of drug-likeness (QED) is 0.319. The summed E-state index contributed by atoms with van der Waals surface area (Å²) in [6.45, 7) is 8.68. The molecule has 0 saturated carbocycles. The standard InChI is InChI=1S/C30H41FN6O4S/c1-19(2)22-6-7-26(37-16-21(20(37)3)18-42(5,38)39)24-15-33-29(14-23(22)24)34-28-8-10-32-30(35-28)36-11-9-27(25(31)17-36)41-13-12-40-4/h6-8,10,14-15,19-21,25,27H,9,11-13,16-18H2,1-5H3,(H,32,33,34,35)/t20-,21-,25-,27+/m1/s1. The summed E-state index contributed by atoms with van der Waals surface area (Å²) in [5.74, 6) is 2.28. The largest absolute Gasteiger partial charge is 0.382 e. The molecule has 2 saturated heterocycles. The van der Waals surface area contributed by atoms with Gasteiger partial charge in [0.2, 0.25) is 5.95 Å². The van der Waals surface area contributed by atoms with E-state index in [-0.39, 0.29) is 24.3 Å². The third kappa shape index (κ3) is 6.76. The van der Waals surface area contributed by atoms with Crippen LogP contribution in [0.1, 0.15) is 38.7 Å². The van der Waals surface area contributed by atoms with Crippen LogP contribution in [0.3, 0.4) is 0 Å². The average Bonchev–Trinajstić information content (AvgIpc) is 2.95. The average molecular weight is 601 g/mol. The normalized spacial score (nSPS) is 22.9. The van der Waals surface area contributed by atoms with Crippen LogP contribution in [0, 0.1) is 5.92 Å². The molecular weight excluding hydrogens is 559 g/mol. The Morgan fingerprint density at radius 1 is 1.12 bits per heavy atom. The Morgan fingerprint density at radius 2 is 1.93 bits per heavy atom. The van der Waals surface area contributed by atoms with Crippen LogP contribution in [0.4, 0.5) is 27.7 Å². The van der Waals surface area contributed by atoms with Crippen LogP contribution in [0.15, 0.2) is 36.7 Å². The van der Waals surface area contributed by atoms with Gasteiger partial charge in [0.15, 0.2) is 0 Å². The number of ether oxygens (including phenoxy) is 2. The monoisotopic (exact) mass is 600 g/mol. The number of methoxy groups -OCH3 is 1. The third-order valence-corrected chi connectivity index (χ3v) is 9.28. The van der Waals surface area contributed by atoms with Crippen molar-refractivity contribution in [3.63, 3.8) is 0 Å². The topological polar surface area (TPSA) is 110 Å². The van der Waals surface area contributed by atoms with E-state index < -0.39 is 22.1 Å². The Hall–Kier alpha value is -3.09. The van der Waals surface area contributed by atoms with Crippen molar-refractivity contribution in [3.8, 4) is 0 Å². The third-order valence-electron chi connectivity index (χ3n) is 8.25. The van der Waals surface area contributed by atoms with Gasteiger partial charge in [0.25, 0.3) is 0 Å². The molecule has 12 heteroatoms. The van der Waals surface area contributed by atoms with Crippen LogP contribution in [-0.2, 0) is 19.3 Å². The van der Waals surface area contributed by atoms with Gasteiger partial charge in [-0.15, -0.1) is 0 Å². The second-order valence-electron chi connectivity index (χ2n) is 11.7.